The number of hydrogen-bond acceptors (Lipinski definition) is 2. The summed E-state index contributed by atoms with van der Waals surface area (Å²) in [5.74, 6) is 0. The van der Waals surface area contributed by atoms with Crippen LogP contribution in [0.2, 0.25) is 0 Å². The summed E-state index contributed by atoms with van der Waals surface area (Å²) in [4.78, 5) is 0. The van der Waals surface area contributed by atoms with Crippen LogP contribution in [0.4, 0.5) is 0 Å². The molecule has 0 fully saturated rings. The van der Waals surface area contributed by atoms with Crippen molar-refractivity contribution in [3.63, 3.8) is 0 Å². The molecule has 2 aromatic rings. The minimum Gasteiger partial charge on any atom is -0.326 e. The second-order valence-electron chi connectivity index (χ2n) is 3.25. The molecule has 3 heteroatoms. The highest BCUT2D eigenvalue weighted by atomic mass is 15.2. The van der Waals surface area contributed by atoms with Gasteiger partial charge in [-0.15, -0.1) is 0 Å². The van der Waals surface area contributed by atoms with Crippen LogP contribution >= 0.6 is 0 Å². The molecule has 0 aliphatic rings. The Hall–Kier alpha value is -1.35. The molecule has 0 saturated carbocycles. The number of benzene rings is 1. The highest BCUT2D eigenvalue weighted by Gasteiger charge is 2.04. The molecule has 0 unspecified atom stereocenters. The van der Waals surface area contributed by atoms with Crippen LogP contribution in [0.5, 0.6) is 0 Å². The van der Waals surface area contributed by atoms with Crippen molar-refractivity contribution in [2.45, 2.75) is 13.5 Å². The molecule has 68 valence electrons. The minimum absolute atomic E-state index is 0.594. The lowest BCUT2D eigenvalue weighted by Gasteiger charge is -2.03. The van der Waals surface area contributed by atoms with Gasteiger partial charge in [0, 0.05) is 19.0 Å². The number of rotatable bonds is 1. The van der Waals surface area contributed by atoms with Crippen molar-refractivity contribution in [3.05, 3.63) is 29.5 Å². The first-order valence-corrected chi connectivity index (χ1v) is 4.34. The molecule has 0 bridgehead atoms. The summed E-state index contributed by atoms with van der Waals surface area (Å²) >= 11 is 0. The second kappa shape index (κ2) is 2.85. The van der Waals surface area contributed by atoms with Gasteiger partial charge in [0.2, 0.25) is 0 Å². The largest absolute Gasteiger partial charge is 0.326 e. The van der Waals surface area contributed by atoms with E-state index in [1.54, 1.807) is 0 Å². The van der Waals surface area contributed by atoms with Gasteiger partial charge < -0.3 is 5.73 Å². The van der Waals surface area contributed by atoms with Gasteiger partial charge in [-0.2, -0.15) is 5.10 Å². The lowest BCUT2D eigenvalue weighted by atomic mass is 10.1. The number of hydrogen-bond donors (Lipinski definition) is 1. The molecule has 2 rings (SSSR count). The fourth-order valence-corrected chi connectivity index (χ4v) is 1.63. The summed E-state index contributed by atoms with van der Waals surface area (Å²) in [6, 6.07) is 4.14. The highest BCUT2D eigenvalue weighted by molar-refractivity contribution is 5.83. The van der Waals surface area contributed by atoms with Crippen molar-refractivity contribution in [2.75, 3.05) is 0 Å². The van der Waals surface area contributed by atoms with Crippen molar-refractivity contribution in [1.29, 1.82) is 0 Å². The van der Waals surface area contributed by atoms with Crippen LogP contribution in [-0.2, 0) is 13.6 Å². The number of aryl methyl sites for hydroxylation is 2. The number of fused-ring (bicyclic) bond motifs is 1. The zero-order valence-electron chi connectivity index (χ0n) is 7.91. The number of aromatic nitrogens is 2. The maximum atomic E-state index is 5.62. The Labute approximate surface area is 77.2 Å². The molecule has 0 radical (unpaired) electrons. The second-order valence-corrected chi connectivity index (χ2v) is 3.25. The van der Waals surface area contributed by atoms with Gasteiger partial charge in [0.05, 0.1) is 11.7 Å². The standard InChI is InChI=1S/C10H13N3/c1-7-8(5-11)3-4-10-9(7)6-12-13(10)2/h3-4,6H,5,11H2,1-2H3. The predicted molar refractivity (Wildman–Crippen MR) is 53.3 cm³/mol. The summed E-state index contributed by atoms with van der Waals surface area (Å²) in [6.07, 6.45) is 1.89. The first-order valence-electron chi connectivity index (χ1n) is 4.34. The van der Waals surface area contributed by atoms with E-state index in [1.165, 1.54) is 16.5 Å². The molecule has 1 aromatic carbocycles. The quantitative estimate of drug-likeness (QED) is 0.710. The lowest BCUT2D eigenvalue weighted by molar-refractivity contribution is 0.797. The van der Waals surface area contributed by atoms with Gasteiger partial charge in [0.15, 0.2) is 0 Å². The summed E-state index contributed by atoms with van der Waals surface area (Å²) in [7, 11) is 1.95. The molecular weight excluding hydrogens is 162 g/mol. The summed E-state index contributed by atoms with van der Waals surface area (Å²) in [5, 5.41) is 5.41. The third-order valence-corrected chi connectivity index (χ3v) is 2.53. The Morgan fingerprint density at radius 2 is 2.23 bits per heavy atom. The van der Waals surface area contributed by atoms with Crippen LogP contribution in [0.3, 0.4) is 0 Å². The van der Waals surface area contributed by atoms with E-state index in [1.807, 2.05) is 17.9 Å². The summed E-state index contributed by atoms with van der Waals surface area (Å²) in [5.41, 5.74) is 9.22. The van der Waals surface area contributed by atoms with Crippen molar-refractivity contribution in [2.24, 2.45) is 12.8 Å². The zero-order valence-corrected chi connectivity index (χ0v) is 7.91. The van der Waals surface area contributed by atoms with Crippen LogP contribution in [0.15, 0.2) is 18.3 Å². The lowest BCUT2D eigenvalue weighted by Crippen LogP contribution is -1.99. The fraction of sp³-hybridized carbons (Fsp3) is 0.300. The average Bonchev–Trinajstić information content (AvgIpc) is 2.50. The molecule has 1 heterocycles. The Morgan fingerprint density at radius 3 is 2.92 bits per heavy atom. The molecular formula is C10H13N3. The van der Waals surface area contributed by atoms with Gasteiger partial charge in [0.25, 0.3) is 0 Å². The van der Waals surface area contributed by atoms with Crippen molar-refractivity contribution in [3.8, 4) is 0 Å². The van der Waals surface area contributed by atoms with Crippen molar-refractivity contribution >= 4 is 10.9 Å². The van der Waals surface area contributed by atoms with Gasteiger partial charge >= 0.3 is 0 Å². The van der Waals surface area contributed by atoms with E-state index in [2.05, 4.69) is 24.2 Å². The van der Waals surface area contributed by atoms with Crippen LogP contribution in [0, 0.1) is 6.92 Å². The molecule has 1 aromatic heterocycles. The predicted octanol–water partition coefficient (Wildman–Crippen LogP) is 1.34. The topological polar surface area (TPSA) is 43.8 Å². The van der Waals surface area contributed by atoms with Gasteiger partial charge in [-0.05, 0) is 24.1 Å². The first kappa shape index (κ1) is 8.26. The average molecular weight is 175 g/mol. The first-order chi connectivity index (χ1) is 6.24. The molecule has 0 aliphatic carbocycles. The van der Waals surface area contributed by atoms with Gasteiger partial charge in [0.1, 0.15) is 0 Å². The van der Waals surface area contributed by atoms with E-state index in [4.69, 9.17) is 5.73 Å². The minimum atomic E-state index is 0.594. The smallest absolute Gasteiger partial charge is 0.0681 e. The van der Waals surface area contributed by atoms with E-state index >= 15 is 0 Å². The SMILES string of the molecule is Cc1c(CN)ccc2c1cnn2C. The van der Waals surface area contributed by atoms with Crippen molar-refractivity contribution < 1.29 is 0 Å². The van der Waals surface area contributed by atoms with Gasteiger partial charge in [-0.3, -0.25) is 4.68 Å². The normalized spacial score (nSPS) is 11.0. The van der Waals surface area contributed by atoms with E-state index < -0.39 is 0 Å². The van der Waals surface area contributed by atoms with E-state index in [9.17, 15) is 0 Å². The van der Waals surface area contributed by atoms with Crippen LogP contribution in [0.25, 0.3) is 10.9 Å². The monoisotopic (exact) mass is 175 g/mol. The van der Waals surface area contributed by atoms with E-state index in [-0.39, 0.29) is 0 Å². The Bertz CT molecular complexity index is 443. The molecule has 13 heavy (non-hydrogen) atoms. The third kappa shape index (κ3) is 1.12. The van der Waals surface area contributed by atoms with Crippen LogP contribution in [-0.4, -0.2) is 9.78 Å². The molecule has 2 N–H and O–H groups in total. The summed E-state index contributed by atoms with van der Waals surface area (Å²) < 4.78 is 1.88. The molecule has 0 amide bonds. The number of nitrogens with two attached hydrogens (primary N) is 1. The maximum Gasteiger partial charge on any atom is 0.0681 e. The molecule has 0 atom stereocenters. The highest BCUT2D eigenvalue weighted by Crippen LogP contribution is 2.20. The maximum absolute atomic E-state index is 5.62. The van der Waals surface area contributed by atoms with Crippen LogP contribution < -0.4 is 5.73 Å². The Morgan fingerprint density at radius 1 is 1.46 bits per heavy atom. The van der Waals surface area contributed by atoms with Gasteiger partial charge in [-0.1, -0.05) is 6.07 Å². The molecule has 0 saturated heterocycles. The third-order valence-electron chi connectivity index (χ3n) is 2.53. The number of nitrogens with zero attached hydrogens (tertiary/aromatic N) is 2. The van der Waals surface area contributed by atoms with Crippen molar-refractivity contribution in [1.82, 2.24) is 9.78 Å². The Balaban J connectivity index is 2.80. The van der Waals surface area contributed by atoms with Crippen LogP contribution in [0.1, 0.15) is 11.1 Å². The molecule has 0 spiro atoms. The molecule has 3 nitrogen and oxygen atoms in total. The molecule has 0 aliphatic heterocycles. The van der Waals surface area contributed by atoms with E-state index in [0.29, 0.717) is 6.54 Å². The van der Waals surface area contributed by atoms with Gasteiger partial charge in [-0.25, -0.2) is 0 Å². The van der Waals surface area contributed by atoms with E-state index in [0.717, 1.165) is 5.52 Å². The summed E-state index contributed by atoms with van der Waals surface area (Å²) in [6.45, 7) is 2.68. The fourth-order valence-electron chi connectivity index (χ4n) is 1.63. The zero-order chi connectivity index (χ0) is 9.42. The Kier molecular flexibility index (Phi) is 1.81.